The molecular weight excluding hydrogens is 160 g/mol. The van der Waals surface area contributed by atoms with Gasteiger partial charge in [-0.3, -0.25) is 0 Å². The van der Waals surface area contributed by atoms with Crippen LogP contribution in [0.4, 0.5) is 0 Å². The number of benzene rings is 1. The van der Waals surface area contributed by atoms with Crippen molar-refractivity contribution < 1.29 is 4.74 Å². The SMILES string of the molecule is COCC1=CCCc2ccccc21. The van der Waals surface area contributed by atoms with Gasteiger partial charge in [-0.15, -0.1) is 0 Å². The van der Waals surface area contributed by atoms with Crippen molar-refractivity contribution in [3.8, 4) is 0 Å². The van der Waals surface area contributed by atoms with Crippen molar-refractivity contribution >= 4 is 5.57 Å². The Bertz CT molecular complexity index is 326. The first-order chi connectivity index (χ1) is 6.42. The molecule has 0 unspecified atom stereocenters. The highest BCUT2D eigenvalue weighted by molar-refractivity contribution is 5.70. The zero-order valence-corrected chi connectivity index (χ0v) is 7.92. The summed E-state index contributed by atoms with van der Waals surface area (Å²) < 4.78 is 5.17. The summed E-state index contributed by atoms with van der Waals surface area (Å²) in [4.78, 5) is 0. The van der Waals surface area contributed by atoms with Crippen molar-refractivity contribution in [3.05, 3.63) is 41.5 Å². The van der Waals surface area contributed by atoms with E-state index in [1.54, 1.807) is 7.11 Å². The average molecular weight is 174 g/mol. The van der Waals surface area contributed by atoms with Gasteiger partial charge in [0, 0.05) is 7.11 Å². The Morgan fingerprint density at radius 3 is 3.00 bits per heavy atom. The lowest BCUT2D eigenvalue weighted by atomic mass is 9.91. The van der Waals surface area contributed by atoms with Crippen LogP contribution >= 0.6 is 0 Å². The van der Waals surface area contributed by atoms with Gasteiger partial charge in [-0.05, 0) is 29.5 Å². The van der Waals surface area contributed by atoms with Crippen LogP contribution in [0.5, 0.6) is 0 Å². The molecule has 2 rings (SSSR count). The summed E-state index contributed by atoms with van der Waals surface area (Å²) >= 11 is 0. The predicted octanol–water partition coefficient (Wildman–Crippen LogP) is 2.66. The molecule has 13 heavy (non-hydrogen) atoms. The highest BCUT2D eigenvalue weighted by Gasteiger charge is 2.10. The first-order valence-corrected chi connectivity index (χ1v) is 4.68. The molecule has 1 aliphatic carbocycles. The second-order valence-corrected chi connectivity index (χ2v) is 3.36. The molecule has 0 aliphatic heterocycles. The second-order valence-electron chi connectivity index (χ2n) is 3.36. The quantitative estimate of drug-likeness (QED) is 0.669. The maximum atomic E-state index is 5.17. The maximum Gasteiger partial charge on any atom is 0.0715 e. The van der Waals surface area contributed by atoms with Crippen LogP contribution in [0.2, 0.25) is 0 Å². The van der Waals surface area contributed by atoms with Crippen LogP contribution in [0.3, 0.4) is 0 Å². The number of hydrogen-bond donors (Lipinski definition) is 0. The number of allylic oxidation sites excluding steroid dienone is 1. The topological polar surface area (TPSA) is 9.23 Å². The Hall–Kier alpha value is -1.08. The van der Waals surface area contributed by atoms with Gasteiger partial charge >= 0.3 is 0 Å². The van der Waals surface area contributed by atoms with E-state index in [0.717, 1.165) is 13.0 Å². The van der Waals surface area contributed by atoms with Gasteiger partial charge in [-0.1, -0.05) is 30.3 Å². The number of ether oxygens (including phenoxy) is 1. The third kappa shape index (κ3) is 1.65. The monoisotopic (exact) mass is 174 g/mol. The van der Waals surface area contributed by atoms with E-state index in [-0.39, 0.29) is 0 Å². The van der Waals surface area contributed by atoms with Gasteiger partial charge in [0.15, 0.2) is 0 Å². The summed E-state index contributed by atoms with van der Waals surface area (Å²) in [5, 5.41) is 0. The van der Waals surface area contributed by atoms with Crippen molar-refractivity contribution in [1.29, 1.82) is 0 Å². The molecule has 0 saturated carbocycles. The average Bonchev–Trinajstić information content (AvgIpc) is 2.19. The van der Waals surface area contributed by atoms with Crippen LogP contribution in [0, 0.1) is 0 Å². The molecule has 0 radical (unpaired) electrons. The van der Waals surface area contributed by atoms with Crippen molar-refractivity contribution in [3.63, 3.8) is 0 Å². The van der Waals surface area contributed by atoms with E-state index < -0.39 is 0 Å². The predicted molar refractivity (Wildman–Crippen MR) is 54.6 cm³/mol. The first kappa shape index (κ1) is 8.52. The van der Waals surface area contributed by atoms with E-state index >= 15 is 0 Å². The number of hydrogen-bond acceptors (Lipinski definition) is 1. The lowest BCUT2D eigenvalue weighted by molar-refractivity contribution is 0.239. The van der Waals surface area contributed by atoms with Gasteiger partial charge < -0.3 is 4.74 Å². The largest absolute Gasteiger partial charge is 0.380 e. The van der Waals surface area contributed by atoms with Gasteiger partial charge in [0.05, 0.1) is 6.61 Å². The molecule has 0 amide bonds. The molecule has 68 valence electrons. The van der Waals surface area contributed by atoms with Gasteiger partial charge in [0.2, 0.25) is 0 Å². The molecule has 1 aromatic rings. The summed E-state index contributed by atoms with van der Waals surface area (Å²) in [6, 6.07) is 8.58. The van der Waals surface area contributed by atoms with Crippen molar-refractivity contribution in [2.24, 2.45) is 0 Å². The fourth-order valence-electron chi connectivity index (χ4n) is 1.86. The smallest absolute Gasteiger partial charge is 0.0715 e. The highest BCUT2D eigenvalue weighted by Crippen LogP contribution is 2.25. The van der Waals surface area contributed by atoms with Crippen LogP contribution in [0.15, 0.2) is 30.3 Å². The van der Waals surface area contributed by atoms with E-state index in [2.05, 4.69) is 30.3 Å². The summed E-state index contributed by atoms with van der Waals surface area (Å²) in [5.41, 5.74) is 4.16. The zero-order chi connectivity index (χ0) is 9.10. The minimum Gasteiger partial charge on any atom is -0.380 e. The Morgan fingerprint density at radius 1 is 1.31 bits per heavy atom. The van der Waals surface area contributed by atoms with Gasteiger partial charge in [0.1, 0.15) is 0 Å². The first-order valence-electron chi connectivity index (χ1n) is 4.68. The van der Waals surface area contributed by atoms with E-state index in [4.69, 9.17) is 4.74 Å². The minimum absolute atomic E-state index is 0.733. The molecule has 0 aromatic heterocycles. The van der Waals surface area contributed by atoms with Crippen LogP contribution < -0.4 is 0 Å². The third-order valence-electron chi connectivity index (χ3n) is 2.47. The molecule has 1 aromatic carbocycles. The van der Waals surface area contributed by atoms with E-state index in [9.17, 15) is 0 Å². The van der Waals surface area contributed by atoms with Crippen molar-refractivity contribution in [2.75, 3.05) is 13.7 Å². The molecule has 0 fully saturated rings. The Morgan fingerprint density at radius 2 is 2.15 bits per heavy atom. The fraction of sp³-hybridized carbons (Fsp3) is 0.333. The molecule has 0 heterocycles. The van der Waals surface area contributed by atoms with Crippen LogP contribution in [0.1, 0.15) is 17.5 Å². The Kier molecular flexibility index (Phi) is 2.46. The normalized spacial score (nSPS) is 15.0. The highest BCUT2D eigenvalue weighted by atomic mass is 16.5. The summed E-state index contributed by atoms with van der Waals surface area (Å²) in [7, 11) is 1.75. The Balaban J connectivity index is 2.36. The molecule has 1 heteroatoms. The lowest BCUT2D eigenvalue weighted by Crippen LogP contribution is -2.03. The summed E-state index contributed by atoms with van der Waals surface area (Å²) in [6.07, 6.45) is 4.60. The van der Waals surface area contributed by atoms with Crippen molar-refractivity contribution in [2.45, 2.75) is 12.8 Å². The number of rotatable bonds is 2. The molecule has 0 saturated heterocycles. The number of aryl methyl sites for hydroxylation is 1. The molecule has 1 aliphatic rings. The van der Waals surface area contributed by atoms with E-state index in [0.29, 0.717) is 0 Å². The van der Waals surface area contributed by atoms with Gasteiger partial charge in [0.25, 0.3) is 0 Å². The molecule has 0 bridgehead atoms. The van der Waals surface area contributed by atoms with E-state index in [1.807, 2.05) is 0 Å². The maximum absolute atomic E-state index is 5.17. The zero-order valence-electron chi connectivity index (χ0n) is 7.92. The third-order valence-corrected chi connectivity index (χ3v) is 2.47. The minimum atomic E-state index is 0.733. The molecule has 0 atom stereocenters. The van der Waals surface area contributed by atoms with Gasteiger partial charge in [-0.2, -0.15) is 0 Å². The molecule has 0 N–H and O–H groups in total. The second kappa shape index (κ2) is 3.75. The summed E-state index contributed by atoms with van der Waals surface area (Å²) in [5.74, 6) is 0. The molecule has 0 spiro atoms. The Labute approximate surface area is 79.0 Å². The van der Waals surface area contributed by atoms with Crippen LogP contribution in [0.25, 0.3) is 5.57 Å². The lowest BCUT2D eigenvalue weighted by Gasteiger charge is -2.16. The van der Waals surface area contributed by atoms with Crippen LogP contribution in [-0.2, 0) is 11.2 Å². The fourth-order valence-corrected chi connectivity index (χ4v) is 1.86. The van der Waals surface area contributed by atoms with Crippen LogP contribution in [-0.4, -0.2) is 13.7 Å². The standard InChI is InChI=1S/C12H14O/c1-13-9-11-7-4-6-10-5-2-3-8-12(10)11/h2-3,5,7-8H,4,6,9H2,1H3. The molecule has 1 nitrogen and oxygen atoms in total. The molecular formula is C12H14O. The summed E-state index contributed by atoms with van der Waals surface area (Å²) in [6.45, 7) is 0.733. The number of methoxy groups -OCH3 is 1. The van der Waals surface area contributed by atoms with E-state index in [1.165, 1.54) is 23.1 Å². The van der Waals surface area contributed by atoms with Crippen molar-refractivity contribution in [1.82, 2.24) is 0 Å². The number of fused-ring (bicyclic) bond motifs is 1. The van der Waals surface area contributed by atoms with Gasteiger partial charge in [-0.25, -0.2) is 0 Å².